The van der Waals surface area contributed by atoms with Crippen LogP contribution in [0.1, 0.15) is 36.2 Å². The van der Waals surface area contributed by atoms with Gasteiger partial charge in [-0.05, 0) is 56.9 Å². The van der Waals surface area contributed by atoms with Gasteiger partial charge in [-0.15, -0.1) is 0 Å². The molecule has 2 aromatic rings. The molecule has 0 unspecified atom stereocenters. The van der Waals surface area contributed by atoms with Gasteiger partial charge in [0, 0.05) is 17.3 Å². The number of hydrogen-bond acceptors (Lipinski definition) is 5. The molecule has 2 heterocycles. The third-order valence-electron chi connectivity index (χ3n) is 4.74. The highest BCUT2D eigenvalue weighted by Gasteiger charge is 2.33. The van der Waals surface area contributed by atoms with Crippen LogP contribution in [-0.4, -0.2) is 35.2 Å². The van der Waals surface area contributed by atoms with Crippen LogP contribution in [0, 0.1) is 20.8 Å². The van der Waals surface area contributed by atoms with E-state index < -0.39 is 5.79 Å². The first-order chi connectivity index (χ1) is 12.3. The number of pyridine rings is 1. The first kappa shape index (κ1) is 18.8. The van der Waals surface area contributed by atoms with Crippen molar-refractivity contribution in [1.82, 2.24) is 4.98 Å². The van der Waals surface area contributed by atoms with E-state index in [1.54, 1.807) is 0 Å². The first-order valence-electron chi connectivity index (χ1n) is 8.93. The van der Waals surface area contributed by atoms with Crippen LogP contribution in [0.5, 0.6) is 5.88 Å². The van der Waals surface area contributed by atoms with E-state index in [9.17, 15) is 5.11 Å². The minimum atomic E-state index is -0.549. The number of aromatic nitrogens is 1. The topological polar surface area (TPSA) is 60.8 Å². The Balaban J connectivity index is 1.81. The molecule has 1 N–H and O–H groups in total. The van der Waals surface area contributed by atoms with Crippen LogP contribution >= 0.6 is 0 Å². The molecule has 140 valence electrons. The van der Waals surface area contributed by atoms with Crippen molar-refractivity contribution in [2.75, 3.05) is 13.2 Å². The van der Waals surface area contributed by atoms with E-state index in [4.69, 9.17) is 14.2 Å². The van der Waals surface area contributed by atoms with E-state index in [2.05, 4.69) is 18.0 Å². The van der Waals surface area contributed by atoms with Crippen molar-refractivity contribution in [3.05, 3.63) is 46.6 Å². The highest BCUT2D eigenvalue weighted by Crippen LogP contribution is 2.32. The van der Waals surface area contributed by atoms with Crippen LogP contribution in [-0.2, 0) is 16.1 Å². The molecular formula is C21H27NO4. The highest BCUT2D eigenvalue weighted by atomic mass is 16.7. The molecule has 0 aliphatic carbocycles. The van der Waals surface area contributed by atoms with E-state index in [-0.39, 0.29) is 12.7 Å². The number of aliphatic hydroxyl groups excluding tert-OH is 1. The Morgan fingerprint density at radius 3 is 2.65 bits per heavy atom. The standard InChI is InChI=1S/C21H27NO4/c1-13-9-19(24-11-17-12-25-21(4,5)26-17)22-15(3)20(13)18-8-6-7-16(10-23)14(18)2/h6-9,17,23H,10-12H2,1-5H3/t17-/m0/s1. The zero-order valence-corrected chi connectivity index (χ0v) is 16.1. The molecule has 26 heavy (non-hydrogen) atoms. The summed E-state index contributed by atoms with van der Waals surface area (Å²) in [6.07, 6.45) is -0.0874. The van der Waals surface area contributed by atoms with Gasteiger partial charge in [0.25, 0.3) is 0 Å². The second-order valence-corrected chi connectivity index (χ2v) is 7.25. The van der Waals surface area contributed by atoms with E-state index in [0.29, 0.717) is 19.1 Å². The summed E-state index contributed by atoms with van der Waals surface area (Å²) >= 11 is 0. The summed E-state index contributed by atoms with van der Waals surface area (Å²) in [6, 6.07) is 7.93. The lowest BCUT2D eigenvalue weighted by Crippen LogP contribution is -2.25. The third kappa shape index (κ3) is 3.90. The van der Waals surface area contributed by atoms with Crippen LogP contribution in [0.2, 0.25) is 0 Å². The summed E-state index contributed by atoms with van der Waals surface area (Å²) in [7, 11) is 0. The molecule has 5 heteroatoms. The maximum atomic E-state index is 9.53. The van der Waals surface area contributed by atoms with Crippen LogP contribution < -0.4 is 4.74 Å². The third-order valence-corrected chi connectivity index (χ3v) is 4.74. The van der Waals surface area contributed by atoms with Crippen molar-refractivity contribution >= 4 is 0 Å². The average Bonchev–Trinajstić information content (AvgIpc) is 2.93. The molecule has 0 bridgehead atoms. The lowest BCUT2D eigenvalue weighted by molar-refractivity contribution is -0.141. The van der Waals surface area contributed by atoms with Gasteiger partial charge in [0.15, 0.2) is 5.79 Å². The predicted octanol–water partition coefficient (Wildman–Crippen LogP) is 3.70. The summed E-state index contributed by atoms with van der Waals surface area (Å²) in [5.41, 5.74) is 6.20. The van der Waals surface area contributed by atoms with Gasteiger partial charge in [-0.3, -0.25) is 0 Å². The van der Waals surface area contributed by atoms with Crippen molar-refractivity contribution in [3.8, 4) is 17.0 Å². The summed E-state index contributed by atoms with van der Waals surface area (Å²) < 4.78 is 17.2. The number of rotatable bonds is 5. The normalized spacial score (nSPS) is 18.9. The molecule has 0 spiro atoms. The molecule has 5 nitrogen and oxygen atoms in total. The number of hydrogen-bond donors (Lipinski definition) is 1. The van der Waals surface area contributed by atoms with Gasteiger partial charge >= 0.3 is 0 Å². The van der Waals surface area contributed by atoms with Gasteiger partial charge in [0.05, 0.1) is 13.2 Å². The van der Waals surface area contributed by atoms with Gasteiger partial charge in [0.1, 0.15) is 12.7 Å². The van der Waals surface area contributed by atoms with E-state index >= 15 is 0 Å². The number of ether oxygens (including phenoxy) is 3. The fraction of sp³-hybridized carbons (Fsp3) is 0.476. The summed E-state index contributed by atoms with van der Waals surface area (Å²) in [5, 5.41) is 9.53. The zero-order valence-electron chi connectivity index (χ0n) is 16.1. The molecule has 1 atom stereocenters. The molecule has 3 rings (SSSR count). The molecular weight excluding hydrogens is 330 g/mol. The lowest BCUT2D eigenvalue weighted by atomic mass is 9.93. The SMILES string of the molecule is Cc1cc(OC[C@H]2COC(C)(C)O2)nc(C)c1-c1cccc(CO)c1C. The fourth-order valence-corrected chi connectivity index (χ4v) is 3.43. The molecule has 1 aliphatic rings. The van der Waals surface area contributed by atoms with Crippen molar-refractivity contribution in [1.29, 1.82) is 0 Å². The van der Waals surface area contributed by atoms with Crippen LogP contribution in [0.4, 0.5) is 0 Å². The minimum Gasteiger partial charge on any atom is -0.475 e. The maximum Gasteiger partial charge on any atom is 0.213 e. The Morgan fingerprint density at radius 2 is 2.04 bits per heavy atom. The van der Waals surface area contributed by atoms with Crippen LogP contribution in [0.15, 0.2) is 24.3 Å². The largest absolute Gasteiger partial charge is 0.475 e. The Kier molecular flexibility index (Phi) is 5.32. The van der Waals surface area contributed by atoms with Crippen LogP contribution in [0.3, 0.4) is 0 Å². The Hall–Kier alpha value is -1.95. The molecule has 1 aromatic heterocycles. The lowest BCUT2D eigenvalue weighted by Gasteiger charge is -2.18. The molecule has 1 saturated heterocycles. The fourth-order valence-electron chi connectivity index (χ4n) is 3.43. The number of nitrogens with zero attached hydrogens (tertiary/aromatic N) is 1. The van der Waals surface area contributed by atoms with Gasteiger partial charge in [-0.25, -0.2) is 4.98 Å². The smallest absolute Gasteiger partial charge is 0.213 e. The minimum absolute atomic E-state index is 0.0339. The van der Waals surface area contributed by atoms with E-state index in [1.165, 1.54) is 0 Å². The average molecular weight is 357 g/mol. The second-order valence-electron chi connectivity index (χ2n) is 7.25. The van der Waals surface area contributed by atoms with Gasteiger partial charge in [0.2, 0.25) is 5.88 Å². The summed E-state index contributed by atoms with van der Waals surface area (Å²) in [5.74, 6) is 0.0416. The van der Waals surface area contributed by atoms with Gasteiger partial charge < -0.3 is 19.3 Å². The van der Waals surface area contributed by atoms with Crippen molar-refractivity contribution in [3.63, 3.8) is 0 Å². The van der Waals surface area contributed by atoms with Crippen LogP contribution in [0.25, 0.3) is 11.1 Å². The zero-order chi connectivity index (χ0) is 18.9. The Bertz CT molecular complexity index is 778. The molecule has 0 saturated carbocycles. The molecule has 1 fully saturated rings. The molecule has 0 amide bonds. The summed E-state index contributed by atoms with van der Waals surface area (Å²) in [6.45, 7) is 10.8. The highest BCUT2D eigenvalue weighted by molar-refractivity contribution is 5.73. The first-order valence-corrected chi connectivity index (χ1v) is 8.93. The monoisotopic (exact) mass is 357 g/mol. The Labute approximate surface area is 154 Å². The van der Waals surface area contributed by atoms with Crippen molar-refractivity contribution in [2.45, 2.75) is 53.1 Å². The van der Waals surface area contributed by atoms with Crippen molar-refractivity contribution in [2.24, 2.45) is 0 Å². The van der Waals surface area contributed by atoms with Gasteiger partial charge in [-0.2, -0.15) is 0 Å². The van der Waals surface area contributed by atoms with E-state index in [1.807, 2.05) is 45.9 Å². The number of aliphatic hydroxyl groups is 1. The Morgan fingerprint density at radius 1 is 1.27 bits per heavy atom. The van der Waals surface area contributed by atoms with E-state index in [0.717, 1.165) is 33.5 Å². The van der Waals surface area contributed by atoms with Crippen molar-refractivity contribution < 1.29 is 19.3 Å². The molecule has 0 radical (unpaired) electrons. The number of benzene rings is 1. The molecule has 1 aromatic carbocycles. The quantitative estimate of drug-likeness (QED) is 0.884. The molecule has 1 aliphatic heterocycles. The van der Waals surface area contributed by atoms with Gasteiger partial charge in [-0.1, -0.05) is 18.2 Å². The predicted molar refractivity (Wildman–Crippen MR) is 100 cm³/mol. The summed E-state index contributed by atoms with van der Waals surface area (Å²) in [4.78, 5) is 4.62. The second kappa shape index (κ2) is 7.35. The number of aryl methyl sites for hydroxylation is 2. The maximum absolute atomic E-state index is 9.53.